The highest BCUT2D eigenvalue weighted by atomic mass is 32.2. The van der Waals surface area contributed by atoms with Gasteiger partial charge < -0.3 is 9.84 Å². The highest BCUT2D eigenvalue weighted by Gasteiger charge is 1.95. The van der Waals surface area contributed by atoms with Crippen molar-refractivity contribution >= 4 is 23.8 Å². The summed E-state index contributed by atoms with van der Waals surface area (Å²) in [5.74, 6) is 1.76. The summed E-state index contributed by atoms with van der Waals surface area (Å²) < 4.78 is 5.46. The molecule has 92 valence electrons. The van der Waals surface area contributed by atoms with Gasteiger partial charge in [-0.2, -0.15) is 11.8 Å². The molecule has 1 aromatic heterocycles. The van der Waals surface area contributed by atoms with Crippen molar-refractivity contribution in [1.82, 2.24) is 4.98 Å². The fourth-order valence-electron chi connectivity index (χ4n) is 1.10. The molecule has 0 aliphatic heterocycles. The summed E-state index contributed by atoms with van der Waals surface area (Å²) in [6.07, 6.45) is 4.10. The lowest BCUT2D eigenvalue weighted by atomic mass is 10.3. The molecule has 0 aliphatic carbocycles. The number of pyridine rings is 1. The van der Waals surface area contributed by atoms with E-state index in [0.717, 1.165) is 17.6 Å². The lowest BCUT2D eigenvalue weighted by Gasteiger charge is -2.04. The third-order valence-corrected chi connectivity index (χ3v) is 2.72. The molecular weight excluding hydrogens is 238 g/mol. The Morgan fingerprint density at radius 2 is 2.41 bits per heavy atom. The number of aliphatic carboxylic acids is 1. The van der Waals surface area contributed by atoms with Gasteiger partial charge in [-0.1, -0.05) is 6.92 Å². The van der Waals surface area contributed by atoms with Crippen molar-refractivity contribution < 1.29 is 14.6 Å². The van der Waals surface area contributed by atoms with Gasteiger partial charge in [-0.15, -0.1) is 0 Å². The van der Waals surface area contributed by atoms with Crippen LogP contribution in [0.1, 0.15) is 12.6 Å². The molecule has 0 amide bonds. The lowest BCUT2D eigenvalue weighted by Crippen LogP contribution is -2.00. The van der Waals surface area contributed by atoms with Crippen LogP contribution in [0.4, 0.5) is 0 Å². The molecule has 0 aliphatic rings. The number of thioether (sulfide) groups is 1. The molecule has 0 atom stereocenters. The molecule has 0 fully saturated rings. The molecule has 1 aromatic rings. The van der Waals surface area contributed by atoms with Gasteiger partial charge in [0.1, 0.15) is 5.75 Å². The molecule has 17 heavy (non-hydrogen) atoms. The van der Waals surface area contributed by atoms with Crippen molar-refractivity contribution in [1.29, 1.82) is 0 Å². The fraction of sp³-hybridized carbons (Fsp3) is 0.333. The number of carboxylic acids is 1. The van der Waals surface area contributed by atoms with Crippen molar-refractivity contribution in [3.63, 3.8) is 0 Å². The van der Waals surface area contributed by atoms with Crippen molar-refractivity contribution in [2.75, 3.05) is 18.1 Å². The number of aromatic nitrogens is 1. The Morgan fingerprint density at radius 3 is 3.00 bits per heavy atom. The standard InChI is InChI=1S/C12H15NO3S/c1-2-17-8-7-16-11-5-3-10(13-9-11)4-6-12(14)15/h3-6,9H,2,7-8H2,1H3,(H,14,15)/b6-4+. The lowest BCUT2D eigenvalue weighted by molar-refractivity contribution is -0.131. The summed E-state index contributed by atoms with van der Waals surface area (Å²) in [7, 11) is 0. The van der Waals surface area contributed by atoms with Crippen molar-refractivity contribution in [3.8, 4) is 5.75 Å². The Labute approximate surface area is 105 Å². The van der Waals surface area contributed by atoms with E-state index in [-0.39, 0.29) is 0 Å². The summed E-state index contributed by atoms with van der Waals surface area (Å²) >= 11 is 1.82. The highest BCUT2D eigenvalue weighted by Crippen LogP contribution is 2.10. The second-order valence-electron chi connectivity index (χ2n) is 3.14. The number of carboxylic acid groups (broad SMARTS) is 1. The maximum Gasteiger partial charge on any atom is 0.328 e. The molecule has 4 nitrogen and oxygen atoms in total. The normalized spacial score (nSPS) is 10.6. The third kappa shape index (κ3) is 5.97. The average molecular weight is 253 g/mol. The van der Waals surface area contributed by atoms with Gasteiger partial charge in [0, 0.05) is 11.8 Å². The maximum atomic E-state index is 10.3. The molecule has 0 radical (unpaired) electrons. The first-order chi connectivity index (χ1) is 8.22. The van der Waals surface area contributed by atoms with Crippen LogP contribution in [-0.2, 0) is 4.79 Å². The van der Waals surface area contributed by atoms with Crippen LogP contribution in [0.3, 0.4) is 0 Å². The van der Waals surface area contributed by atoms with Crippen LogP contribution in [0, 0.1) is 0 Å². The van der Waals surface area contributed by atoms with Crippen LogP contribution >= 0.6 is 11.8 Å². The third-order valence-electron chi connectivity index (χ3n) is 1.86. The number of hydrogen-bond donors (Lipinski definition) is 1. The molecule has 0 aromatic carbocycles. The van der Waals surface area contributed by atoms with E-state index in [1.54, 1.807) is 18.3 Å². The van der Waals surface area contributed by atoms with E-state index in [1.165, 1.54) is 6.08 Å². The summed E-state index contributed by atoms with van der Waals surface area (Å²) in [5, 5.41) is 8.45. The van der Waals surface area contributed by atoms with Gasteiger partial charge in [0.2, 0.25) is 0 Å². The number of ether oxygens (including phenoxy) is 1. The first-order valence-electron chi connectivity index (χ1n) is 5.30. The Balaban J connectivity index is 2.42. The number of nitrogens with zero attached hydrogens (tertiary/aromatic N) is 1. The van der Waals surface area contributed by atoms with Gasteiger partial charge in [-0.3, -0.25) is 4.98 Å². The second kappa shape index (κ2) is 7.73. The highest BCUT2D eigenvalue weighted by molar-refractivity contribution is 7.99. The van der Waals surface area contributed by atoms with Gasteiger partial charge in [0.15, 0.2) is 0 Å². The topological polar surface area (TPSA) is 59.4 Å². The second-order valence-corrected chi connectivity index (χ2v) is 4.53. The van der Waals surface area contributed by atoms with Crippen LogP contribution in [0.15, 0.2) is 24.4 Å². The van der Waals surface area contributed by atoms with Crippen LogP contribution in [-0.4, -0.2) is 34.2 Å². The van der Waals surface area contributed by atoms with Crippen molar-refractivity contribution in [2.24, 2.45) is 0 Å². The smallest absolute Gasteiger partial charge is 0.328 e. The quantitative estimate of drug-likeness (QED) is 0.597. The van der Waals surface area contributed by atoms with Crippen molar-refractivity contribution in [2.45, 2.75) is 6.92 Å². The number of rotatable bonds is 7. The monoisotopic (exact) mass is 253 g/mol. The minimum absolute atomic E-state index is 0.600. The van der Waals surface area contributed by atoms with Gasteiger partial charge in [0.05, 0.1) is 18.5 Å². The van der Waals surface area contributed by atoms with E-state index >= 15 is 0 Å². The zero-order valence-corrected chi connectivity index (χ0v) is 10.4. The number of carbonyl (C=O) groups is 1. The molecule has 0 saturated heterocycles. The molecule has 0 saturated carbocycles. The van der Waals surface area contributed by atoms with Crippen LogP contribution < -0.4 is 4.74 Å². The first kappa shape index (κ1) is 13.6. The minimum Gasteiger partial charge on any atom is -0.491 e. The fourth-order valence-corrected chi connectivity index (χ4v) is 1.59. The molecule has 1 rings (SSSR count). The summed E-state index contributed by atoms with van der Waals surface area (Å²) in [6, 6.07) is 3.51. The summed E-state index contributed by atoms with van der Waals surface area (Å²) in [5.41, 5.74) is 0.600. The van der Waals surface area contributed by atoms with Crippen LogP contribution in [0.2, 0.25) is 0 Å². The Bertz CT molecular complexity index is 376. The summed E-state index contributed by atoms with van der Waals surface area (Å²) in [4.78, 5) is 14.4. The molecule has 0 unspecified atom stereocenters. The molecule has 0 spiro atoms. The Kier molecular flexibility index (Phi) is 6.17. The minimum atomic E-state index is -0.983. The SMILES string of the molecule is CCSCCOc1ccc(/C=C/C(=O)O)nc1. The predicted molar refractivity (Wildman–Crippen MR) is 69.4 cm³/mol. The Hall–Kier alpha value is -1.49. The van der Waals surface area contributed by atoms with Gasteiger partial charge in [-0.25, -0.2) is 4.79 Å². The number of hydrogen-bond acceptors (Lipinski definition) is 4. The molecular formula is C12H15NO3S. The van der Waals surface area contributed by atoms with Crippen LogP contribution in [0.5, 0.6) is 5.75 Å². The van der Waals surface area contributed by atoms with Gasteiger partial charge in [-0.05, 0) is 24.0 Å². The van der Waals surface area contributed by atoms with Crippen LogP contribution in [0.25, 0.3) is 6.08 Å². The first-order valence-corrected chi connectivity index (χ1v) is 6.45. The average Bonchev–Trinajstić information content (AvgIpc) is 2.33. The Morgan fingerprint density at radius 1 is 1.59 bits per heavy atom. The summed E-state index contributed by atoms with van der Waals surface area (Å²) in [6.45, 7) is 2.76. The molecule has 5 heteroatoms. The predicted octanol–water partition coefficient (Wildman–Crippen LogP) is 2.31. The maximum absolute atomic E-state index is 10.3. The molecule has 1 N–H and O–H groups in total. The van der Waals surface area contributed by atoms with Crippen molar-refractivity contribution in [3.05, 3.63) is 30.1 Å². The van der Waals surface area contributed by atoms with E-state index < -0.39 is 5.97 Å². The van der Waals surface area contributed by atoms with E-state index in [1.807, 2.05) is 11.8 Å². The van der Waals surface area contributed by atoms with E-state index in [9.17, 15) is 4.79 Å². The van der Waals surface area contributed by atoms with Gasteiger partial charge >= 0.3 is 5.97 Å². The van der Waals surface area contributed by atoms with E-state index in [0.29, 0.717) is 18.1 Å². The largest absolute Gasteiger partial charge is 0.491 e. The molecule has 1 heterocycles. The van der Waals surface area contributed by atoms with E-state index in [4.69, 9.17) is 9.84 Å². The van der Waals surface area contributed by atoms with E-state index in [2.05, 4.69) is 11.9 Å². The zero-order chi connectivity index (χ0) is 12.5. The van der Waals surface area contributed by atoms with Gasteiger partial charge in [0.25, 0.3) is 0 Å². The molecule has 0 bridgehead atoms. The zero-order valence-electron chi connectivity index (χ0n) is 9.63.